The predicted molar refractivity (Wildman–Crippen MR) is 58.5 cm³/mol. The molecule has 1 rings (SSSR count). The molecule has 0 saturated carbocycles. The molecule has 3 N–H and O–H groups in total. The van der Waals surface area contributed by atoms with Crippen LogP contribution in [0.1, 0.15) is 18.1 Å². The quantitative estimate of drug-likeness (QED) is 0.841. The number of hydrogen-bond acceptors (Lipinski definition) is 2. The highest BCUT2D eigenvalue weighted by Crippen LogP contribution is 2.31. The molecular weight excluding hydrogens is 233 g/mol. The zero-order valence-electron chi connectivity index (χ0n) is 9.43. The van der Waals surface area contributed by atoms with Crippen molar-refractivity contribution in [3.8, 4) is 0 Å². The fourth-order valence-corrected chi connectivity index (χ4v) is 1.18. The maximum absolute atomic E-state index is 12.5. The number of carbonyl (C=O) groups excluding carboxylic acids is 1. The summed E-state index contributed by atoms with van der Waals surface area (Å²) in [5.74, 6) is -0.521. The minimum atomic E-state index is -4.43. The Hall–Kier alpha value is -1.56. The van der Waals surface area contributed by atoms with Crippen molar-refractivity contribution in [1.29, 1.82) is 0 Å². The number of anilines is 1. The highest BCUT2D eigenvalue weighted by molar-refractivity contribution is 5.95. The van der Waals surface area contributed by atoms with E-state index in [-0.39, 0.29) is 5.69 Å². The molecule has 0 fully saturated rings. The summed E-state index contributed by atoms with van der Waals surface area (Å²) in [7, 11) is 0. The van der Waals surface area contributed by atoms with Crippen LogP contribution in [0.4, 0.5) is 18.9 Å². The Balaban J connectivity index is 3.03. The molecule has 0 aliphatic carbocycles. The maximum Gasteiger partial charge on any atom is 0.416 e. The van der Waals surface area contributed by atoms with Crippen molar-refractivity contribution in [2.45, 2.75) is 26.1 Å². The fraction of sp³-hybridized carbons (Fsp3) is 0.364. The molecule has 0 spiro atoms. The summed E-state index contributed by atoms with van der Waals surface area (Å²) in [6, 6.07) is 2.40. The largest absolute Gasteiger partial charge is 0.416 e. The van der Waals surface area contributed by atoms with Gasteiger partial charge in [-0.2, -0.15) is 13.2 Å². The number of carbonyl (C=O) groups is 1. The van der Waals surface area contributed by atoms with Crippen LogP contribution in [0, 0.1) is 6.92 Å². The second kappa shape index (κ2) is 4.75. The summed E-state index contributed by atoms with van der Waals surface area (Å²) in [4.78, 5) is 11.3. The van der Waals surface area contributed by atoms with Gasteiger partial charge in [0.1, 0.15) is 0 Å². The summed E-state index contributed by atoms with van der Waals surface area (Å²) >= 11 is 0. The van der Waals surface area contributed by atoms with E-state index in [0.717, 1.165) is 12.1 Å². The van der Waals surface area contributed by atoms with E-state index in [9.17, 15) is 18.0 Å². The molecule has 0 radical (unpaired) electrons. The van der Waals surface area contributed by atoms with Crippen LogP contribution in [0.2, 0.25) is 0 Å². The van der Waals surface area contributed by atoms with Crippen LogP contribution in [-0.2, 0) is 11.0 Å². The minimum absolute atomic E-state index is 0.127. The first-order valence-corrected chi connectivity index (χ1v) is 4.96. The Morgan fingerprint density at radius 1 is 1.41 bits per heavy atom. The Kier molecular flexibility index (Phi) is 3.77. The first kappa shape index (κ1) is 13.5. The van der Waals surface area contributed by atoms with Gasteiger partial charge >= 0.3 is 6.18 Å². The summed E-state index contributed by atoms with van der Waals surface area (Å²) in [6.07, 6.45) is -4.43. The average molecular weight is 246 g/mol. The van der Waals surface area contributed by atoms with Crippen LogP contribution in [0.5, 0.6) is 0 Å². The number of nitrogens with one attached hydrogen (secondary N) is 1. The molecule has 0 bridgehead atoms. The number of hydrogen-bond donors (Lipinski definition) is 2. The van der Waals surface area contributed by atoms with Crippen LogP contribution < -0.4 is 11.1 Å². The minimum Gasteiger partial charge on any atom is -0.324 e. The van der Waals surface area contributed by atoms with Gasteiger partial charge in [-0.05, 0) is 31.5 Å². The van der Waals surface area contributed by atoms with E-state index in [1.807, 2.05) is 0 Å². The topological polar surface area (TPSA) is 55.1 Å². The second-order valence-electron chi connectivity index (χ2n) is 3.81. The van der Waals surface area contributed by atoms with Crippen LogP contribution in [-0.4, -0.2) is 11.9 Å². The normalized spacial score (nSPS) is 13.3. The molecule has 3 nitrogen and oxygen atoms in total. The number of nitrogens with two attached hydrogens (primary N) is 1. The summed E-state index contributed by atoms with van der Waals surface area (Å²) in [5.41, 5.74) is 5.20. The average Bonchev–Trinajstić information content (AvgIpc) is 2.19. The highest BCUT2D eigenvalue weighted by atomic mass is 19.4. The molecule has 0 aliphatic rings. The molecule has 0 aliphatic heterocycles. The SMILES string of the molecule is Cc1ccc(C(F)(F)F)cc1NC(=O)C(C)N. The molecule has 0 aromatic heterocycles. The monoisotopic (exact) mass is 246 g/mol. The Labute approximate surface area is 96.8 Å². The molecule has 0 heterocycles. The van der Waals surface area contributed by atoms with Crippen LogP contribution in [0.25, 0.3) is 0 Å². The lowest BCUT2D eigenvalue weighted by Gasteiger charge is -2.13. The van der Waals surface area contributed by atoms with Crippen molar-refractivity contribution in [3.63, 3.8) is 0 Å². The van der Waals surface area contributed by atoms with Gasteiger partial charge in [0, 0.05) is 5.69 Å². The number of rotatable bonds is 2. The Morgan fingerprint density at radius 3 is 2.47 bits per heavy atom. The summed E-state index contributed by atoms with van der Waals surface area (Å²) in [5, 5.41) is 2.36. The number of amides is 1. The van der Waals surface area contributed by atoms with Crippen molar-refractivity contribution >= 4 is 11.6 Å². The van der Waals surface area contributed by atoms with E-state index in [1.165, 1.54) is 13.0 Å². The summed E-state index contributed by atoms with van der Waals surface area (Å²) in [6.45, 7) is 3.06. The molecule has 1 aromatic rings. The number of aryl methyl sites for hydroxylation is 1. The lowest BCUT2D eigenvalue weighted by molar-refractivity contribution is -0.137. The van der Waals surface area contributed by atoms with Gasteiger partial charge in [0.05, 0.1) is 11.6 Å². The molecule has 0 saturated heterocycles. The molecular formula is C11H13F3N2O. The van der Waals surface area contributed by atoms with Crippen LogP contribution in [0.15, 0.2) is 18.2 Å². The highest BCUT2D eigenvalue weighted by Gasteiger charge is 2.30. The van der Waals surface area contributed by atoms with E-state index in [4.69, 9.17) is 5.73 Å². The summed E-state index contributed by atoms with van der Waals surface area (Å²) < 4.78 is 37.4. The predicted octanol–water partition coefficient (Wildman–Crippen LogP) is 2.30. The zero-order chi connectivity index (χ0) is 13.2. The first-order valence-electron chi connectivity index (χ1n) is 4.96. The number of alkyl halides is 3. The van der Waals surface area contributed by atoms with E-state index < -0.39 is 23.7 Å². The standard InChI is InChI=1S/C11H13F3N2O/c1-6-3-4-8(11(12,13)14)5-9(6)16-10(17)7(2)15/h3-5,7H,15H2,1-2H3,(H,16,17). The second-order valence-corrected chi connectivity index (χ2v) is 3.81. The van der Waals surface area contributed by atoms with Gasteiger partial charge < -0.3 is 11.1 Å². The molecule has 1 atom stereocenters. The van der Waals surface area contributed by atoms with E-state index >= 15 is 0 Å². The van der Waals surface area contributed by atoms with E-state index in [0.29, 0.717) is 5.56 Å². The third-order valence-corrected chi connectivity index (χ3v) is 2.24. The van der Waals surface area contributed by atoms with Gasteiger partial charge in [-0.25, -0.2) is 0 Å². The lowest BCUT2D eigenvalue weighted by Crippen LogP contribution is -2.32. The fourth-order valence-electron chi connectivity index (χ4n) is 1.18. The van der Waals surface area contributed by atoms with Crippen LogP contribution in [0.3, 0.4) is 0 Å². The smallest absolute Gasteiger partial charge is 0.324 e. The molecule has 1 unspecified atom stereocenters. The van der Waals surface area contributed by atoms with Gasteiger partial charge in [-0.1, -0.05) is 6.07 Å². The number of halogens is 3. The Bertz CT molecular complexity index is 427. The zero-order valence-corrected chi connectivity index (χ0v) is 9.43. The van der Waals surface area contributed by atoms with Gasteiger partial charge in [-0.15, -0.1) is 0 Å². The van der Waals surface area contributed by atoms with Gasteiger partial charge in [0.2, 0.25) is 5.91 Å². The lowest BCUT2D eigenvalue weighted by atomic mass is 10.1. The van der Waals surface area contributed by atoms with Crippen LogP contribution >= 0.6 is 0 Å². The van der Waals surface area contributed by atoms with Crippen molar-refractivity contribution in [3.05, 3.63) is 29.3 Å². The van der Waals surface area contributed by atoms with E-state index in [1.54, 1.807) is 6.92 Å². The van der Waals surface area contributed by atoms with Crippen molar-refractivity contribution < 1.29 is 18.0 Å². The number of benzene rings is 1. The van der Waals surface area contributed by atoms with Gasteiger partial charge in [0.15, 0.2) is 0 Å². The van der Waals surface area contributed by atoms with Crippen molar-refractivity contribution in [2.75, 3.05) is 5.32 Å². The third-order valence-electron chi connectivity index (χ3n) is 2.24. The maximum atomic E-state index is 12.5. The molecule has 17 heavy (non-hydrogen) atoms. The van der Waals surface area contributed by atoms with Crippen molar-refractivity contribution in [1.82, 2.24) is 0 Å². The van der Waals surface area contributed by atoms with Gasteiger partial charge in [-0.3, -0.25) is 4.79 Å². The first-order chi connectivity index (χ1) is 7.71. The molecule has 1 amide bonds. The van der Waals surface area contributed by atoms with Gasteiger partial charge in [0.25, 0.3) is 0 Å². The molecule has 94 valence electrons. The Morgan fingerprint density at radius 2 is 2.00 bits per heavy atom. The van der Waals surface area contributed by atoms with E-state index in [2.05, 4.69) is 5.32 Å². The third kappa shape index (κ3) is 3.45. The van der Waals surface area contributed by atoms with Crippen molar-refractivity contribution in [2.24, 2.45) is 5.73 Å². The molecule has 1 aromatic carbocycles. The molecule has 6 heteroatoms.